The lowest BCUT2D eigenvalue weighted by Gasteiger charge is -2.19. The lowest BCUT2D eigenvalue weighted by atomic mass is 9.87. The molecule has 0 spiro atoms. The van der Waals surface area contributed by atoms with Crippen molar-refractivity contribution in [3.8, 4) is 11.4 Å². The van der Waals surface area contributed by atoms with Crippen molar-refractivity contribution >= 4 is 23.4 Å². The molecule has 30 heavy (non-hydrogen) atoms. The number of allylic oxidation sites excluding steroid dienone is 1. The van der Waals surface area contributed by atoms with Gasteiger partial charge in [-0.1, -0.05) is 80.6 Å². The summed E-state index contributed by atoms with van der Waals surface area (Å²) in [7, 11) is 0. The molecule has 0 aliphatic carbocycles. The average Bonchev–Trinajstić information content (AvgIpc) is 3.10. The van der Waals surface area contributed by atoms with Crippen molar-refractivity contribution in [1.82, 2.24) is 14.8 Å². The molecule has 1 aromatic heterocycles. The molecule has 1 N–H and O–H groups in total. The number of anilines is 1. The zero-order chi connectivity index (χ0) is 21.7. The van der Waals surface area contributed by atoms with Crippen LogP contribution in [0.15, 0.2) is 66.3 Å². The Balaban J connectivity index is 1.73. The van der Waals surface area contributed by atoms with Gasteiger partial charge < -0.3 is 5.32 Å². The van der Waals surface area contributed by atoms with Crippen molar-refractivity contribution < 1.29 is 4.79 Å². The Morgan fingerprint density at radius 1 is 1.10 bits per heavy atom. The molecule has 3 rings (SSSR count). The predicted octanol–water partition coefficient (Wildman–Crippen LogP) is 5.47. The minimum absolute atomic E-state index is 0.0758. The maximum atomic E-state index is 12.3. The normalized spacial score (nSPS) is 11.3. The van der Waals surface area contributed by atoms with Crippen molar-refractivity contribution in [2.24, 2.45) is 0 Å². The number of carbonyl (C=O) groups excluding carboxylic acids is 1. The lowest BCUT2D eigenvalue weighted by molar-refractivity contribution is -0.113. The fraction of sp³-hybridized carbons (Fsp3) is 0.292. The monoisotopic (exact) mass is 420 g/mol. The Morgan fingerprint density at radius 2 is 1.77 bits per heavy atom. The average molecular weight is 421 g/mol. The van der Waals surface area contributed by atoms with E-state index in [0.29, 0.717) is 11.7 Å². The summed E-state index contributed by atoms with van der Waals surface area (Å²) < 4.78 is 1.99. The van der Waals surface area contributed by atoms with Gasteiger partial charge in [-0.2, -0.15) is 0 Å². The zero-order valence-electron chi connectivity index (χ0n) is 18.0. The van der Waals surface area contributed by atoms with Gasteiger partial charge in [-0.25, -0.2) is 0 Å². The first kappa shape index (κ1) is 21.8. The molecule has 0 atom stereocenters. The van der Waals surface area contributed by atoms with Gasteiger partial charge in [0.15, 0.2) is 11.0 Å². The fourth-order valence-electron chi connectivity index (χ4n) is 2.99. The van der Waals surface area contributed by atoms with Crippen LogP contribution >= 0.6 is 11.8 Å². The van der Waals surface area contributed by atoms with Gasteiger partial charge in [-0.3, -0.25) is 9.36 Å². The minimum Gasteiger partial charge on any atom is -0.325 e. The summed E-state index contributed by atoms with van der Waals surface area (Å²) in [6.07, 6.45) is 1.81. The molecule has 0 radical (unpaired) electrons. The second-order valence-electron chi connectivity index (χ2n) is 8.24. The number of thioether (sulfide) groups is 1. The largest absolute Gasteiger partial charge is 0.325 e. The van der Waals surface area contributed by atoms with E-state index >= 15 is 0 Å². The molecule has 3 aromatic rings. The van der Waals surface area contributed by atoms with Crippen molar-refractivity contribution in [1.29, 1.82) is 0 Å². The molecule has 0 aliphatic rings. The van der Waals surface area contributed by atoms with Gasteiger partial charge in [0.05, 0.1) is 5.75 Å². The van der Waals surface area contributed by atoms with E-state index in [-0.39, 0.29) is 17.1 Å². The smallest absolute Gasteiger partial charge is 0.234 e. The highest BCUT2D eigenvalue weighted by molar-refractivity contribution is 7.99. The molecule has 1 amide bonds. The van der Waals surface area contributed by atoms with Crippen LogP contribution in [0.5, 0.6) is 0 Å². The Bertz CT molecular complexity index is 1010. The summed E-state index contributed by atoms with van der Waals surface area (Å²) >= 11 is 1.37. The van der Waals surface area contributed by atoms with E-state index in [1.54, 1.807) is 0 Å². The molecule has 0 saturated carbocycles. The van der Waals surface area contributed by atoms with Gasteiger partial charge in [-0.05, 0) is 30.0 Å². The highest BCUT2D eigenvalue weighted by Crippen LogP contribution is 2.28. The number of amides is 1. The second-order valence-corrected chi connectivity index (χ2v) is 9.18. The van der Waals surface area contributed by atoms with Crippen LogP contribution in [0.1, 0.15) is 31.9 Å². The quantitative estimate of drug-likeness (QED) is 0.407. The van der Waals surface area contributed by atoms with Crippen LogP contribution in [0.2, 0.25) is 0 Å². The van der Waals surface area contributed by atoms with Crippen LogP contribution in [0, 0.1) is 6.92 Å². The Morgan fingerprint density at radius 3 is 2.37 bits per heavy atom. The first-order chi connectivity index (χ1) is 14.3. The van der Waals surface area contributed by atoms with E-state index < -0.39 is 0 Å². The molecule has 6 heteroatoms. The maximum absolute atomic E-state index is 12.3. The van der Waals surface area contributed by atoms with Crippen LogP contribution in [0.25, 0.3) is 11.4 Å². The molecule has 0 unspecified atom stereocenters. The predicted molar refractivity (Wildman–Crippen MR) is 125 cm³/mol. The number of rotatable bonds is 7. The molecule has 0 saturated heterocycles. The van der Waals surface area contributed by atoms with Gasteiger partial charge in [0.1, 0.15) is 0 Å². The number of aryl methyl sites for hydroxylation is 1. The van der Waals surface area contributed by atoms with Gasteiger partial charge >= 0.3 is 0 Å². The van der Waals surface area contributed by atoms with E-state index in [4.69, 9.17) is 0 Å². The fourth-order valence-corrected chi connectivity index (χ4v) is 3.73. The molecule has 2 aromatic carbocycles. The highest BCUT2D eigenvalue weighted by atomic mass is 32.2. The molecule has 156 valence electrons. The number of benzene rings is 2. The first-order valence-electron chi connectivity index (χ1n) is 9.92. The molecule has 0 aliphatic heterocycles. The highest BCUT2D eigenvalue weighted by Gasteiger charge is 2.17. The number of hydrogen-bond donors (Lipinski definition) is 1. The van der Waals surface area contributed by atoms with Gasteiger partial charge in [-0.15, -0.1) is 16.8 Å². The third-order valence-corrected chi connectivity index (χ3v) is 5.67. The van der Waals surface area contributed by atoms with Gasteiger partial charge in [0, 0.05) is 17.8 Å². The zero-order valence-corrected chi connectivity index (χ0v) is 18.8. The Kier molecular flexibility index (Phi) is 6.77. The van der Waals surface area contributed by atoms with E-state index in [1.165, 1.54) is 17.3 Å². The van der Waals surface area contributed by atoms with E-state index in [9.17, 15) is 4.79 Å². The molecule has 1 heterocycles. The van der Waals surface area contributed by atoms with Crippen molar-refractivity contribution in [2.45, 2.75) is 44.8 Å². The Hall–Kier alpha value is -2.86. The summed E-state index contributed by atoms with van der Waals surface area (Å²) in [4.78, 5) is 12.3. The van der Waals surface area contributed by atoms with Gasteiger partial charge in [0.25, 0.3) is 0 Å². The molecular weight excluding hydrogens is 392 g/mol. The van der Waals surface area contributed by atoms with Crippen molar-refractivity contribution in [2.75, 3.05) is 11.1 Å². The first-order valence-corrected chi connectivity index (χ1v) is 10.9. The second kappa shape index (κ2) is 9.30. The topological polar surface area (TPSA) is 59.8 Å². The van der Waals surface area contributed by atoms with Crippen LogP contribution in [0.3, 0.4) is 0 Å². The number of nitrogens with zero attached hydrogens (tertiary/aromatic N) is 3. The van der Waals surface area contributed by atoms with E-state index in [1.807, 2.05) is 41.8 Å². The number of hydrogen-bond acceptors (Lipinski definition) is 4. The molecule has 0 fully saturated rings. The number of nitrogens with one attached hydrogen (secondary N) is 1. The number of aromatic nitrogens is 3. The minimum atomic E-state index is -0.0758. The third kappa shape index (κ3) is 5.39. The van der Waals surface area contributed by atoms with Crippen LogP contribution in [0.4, 0.5) is 5.69 Å². The van der Waals surface area contributed by atoms with Crippen molar-refractivity contribution in [3.05, 3.63) is 72.3 Å². The Labute approximate surface area is 182 Å². The number of carbonyl (C=O) groups is 1. The van der Waals surface area contributed by atoms with Gasteiger partial charge in [0.2, 0.25) is 5.91 Å². The standard InChI is InChI=1S/C24H28N4OS/c1-6-15-28-22(18-9-11-19(12-10-18)24(3,4)5)26-27-23(28)30-16-21(29)25-20-13-7-17(2)8-14-20/h6-14H,1,15-16H2,2-5H3,(H,25,29). The maximum Gasteiger partial charge on any atom is 0.234 e. The summed E-state index contributed by atoms with van der Waals surface area (Å²) in [5.41, 5.74) is 4.30. The molecule has 0 bridgehead atoms. The third-order valence-electron chi connectivity index (χ3n) is 4.71. The summed E-state index contributed by atoms with van der Waals surface area (Å²) in [6, 6.07) is 16.1. The summed E-state index contributed by atoms with van der Waals surface area (Å²) in [5.74, 6) is 0.955. The van der Waals surface area contributed by atoms with Crippen LogP contribution in [-0.4, -0.2) is 26.4 Å². The summed E-state index contributed by atoms with van der Waals surface area (Å²) in [5, 5.41) is 12.3. The SMILES string of the molecule is C=CCn1c(SCC(=O)Nc2ccc(C)cc2)nnc1-c1ccc(C(C)(C)C)cc1. The lowest BCUT2D eigenvalue weighted by Crippen LogP contribution is -2.14. The van der Waals surface area contributed by atoms with Crippen molar-refractivity contribution in [3.63, 3.8) is 0 Å². The molecule has 5 nitrogen and oxygen atoms in total. The van der Waals surface area contributed by atoms with Crippen LogP contribution in [-0.2, 0) is 16.8 Å². The van der Waals surface area contributed by atoms with E-state index in [2.05, 4.69) is 67.1 Å². The molecular formula is C24H28N4OS. The van der Waals surface area contributed by atoms with Crippen LogP contribution < -0.4 is 5.32 Å². The van der Waals surface area contributed by atoms with E-state index in [0.717, 1.165) is 22.6 Å². The summed E-state index contributed by atoms with van der Waals surface area (Å²) in [6.45, 7) is 13.0.